The number of aromatic nitrogens is 1. The van der Waals surface area contributed by atoms with Gasteiger partial charge in [-0.1, -0.05) is 11.3 Å². The van der Waals surface area contributed by atoms with Crippen LogP contribution in [0, 0.1) is 0 Å². The normalized spacial score (nSPS) is 16.9. The van der Waals surface area contributed by atoms with E-state index in [2.05, 4.69) is 10.3 Å². The van der Waals surface area contributed by atoms with Crippen molar-refractivity contribution >= 4 is 22.4 Å². The Bertz CT molecular complexity index is 352. The van der Waals surface area contributed by atoms with Crippen LogP contribution in [0.2, 0.25) is 0 Å². The Morgan fingerprint density at radius 2 is 2.53 bits per heavy atom. The molecule has 1 aliphatic heterocycles. The average Bonchev–Trinajstić information content (AvgIpc) is 2.59. The molecule has 5 nitrogen and oxygen atoms in total. The largest absolute Gasteiger partial charge is 0.375 e. The Hall–Kier alpha value is -0.980. The quantitative estimate of drug-likeness (QED) is 0.771. The van der Waals surface area contributed by atoms with Gasteiger partial charge in [-0.2, -0.15) is 0 Å². The van der Waals surface area contributed by atoms with Crippen LogP contribution < -0.4 is 11.1 Å². The molecule has 0 spiro atoms. The first kappa shape index (κ1) is 10.5. The number of nitrogens with two attached hydrogens (primary N) is 1. The van der Waals surface area contributed by atoms with Gasteiger partial charge < -0.3 is 15.8 Å². The molecule has 6 heteroatoms. The van der Waals surface area contributed by atoms with Crippen LogP contribution in [0.25, 0.3) is 0 Å². The third-order valence-corrected chi connectivity index (χ3v) is 3.12. The minimum Gasteiger partial charge on any atom is -0.375 e. The van der Waals surface area contributed by atoms with E-state index in [1.807, 2.05) is 0 Å². The summed E-state index contributed by atoms with van der Waals surface area (Å²) in [6.45, 7) is 2.95. The van der Waals surface area contributed by atoms with E-state index in [-0.39, 0.29) is 5.91 Å². The fourth-order valence-electron chi connectivity index (χ4n) is 1.30. The third kappa shape index (κ3) is 2.34. The Labute approximate surface area is 91.6 Å². The molecular formula is C9H13N3O2S. The summed E-state index contributed by atoms with van der Waals surface area (Å²) in [4.78, 5) is 16.7. The molecule has 0 aliphatic carbocycles. The second-order valence-corrected chi connectivity index (χ2v) is 4.55. The van der Waals surface area contributed by atoms with Crippen LogP contribution in [0.3, 0.4) is 0 Å². The Kier molecular flexibility index (Phi) is 2.99. The van der Waals surface area contributed by atoms with Crippen LogP contribution >= 0.6 is 11.3 Å². The zero-order valence-electron chi connectivity index (χ0n) is 8.45. The summed E-state index contributed by atoms with van der Waals surface area (Å²) < 4.78 is 5.29. The number of anilines is 1. The van der Waals surface area contributed by atoms with Crippen LogP contribution in [0.15, 0.2) is 0 Å². The lowest BCUT2D eigenvalue weighted by atomic mass is 10.2. The van der Waals surface area contributed by atoms with E-state index in [9.17, 15) is 4.79 Å². The third-order valence-electron chi connectivity index (χ3n) is 2.14. The van der Waals surface area contributed by atoms with Gasteiger partial charge in [-0.15, -0.1) is 0 Å². The summed E-state index contributed by atoms with van der Waals surface area (Å²) in [7, 11) is 0. The first-order valence-corrected chi connectivity index (χ1v) is 5.61. The summed E-state index contributed by atoms with van der Waals surface area (Å²) >= 11 is 1.46. The van der Waals surface area contributed by atoms with Crippen molar-refractivity contribution in [1.29, 1.82) is 0 Å². The van der Waals surface area contributed by atoms with Gasteiger partial charge >= 0.3 is 0 Å². The van der Waals surface area contributed by atoms with E-state index in [4.69, 9.17) is 10.5 Å². The molecule has 2 rings (SSSR count). The number of nitrogens with zero attached hydrogens (tertiary/aromatic N) is 1. The second kappa shape index (κ2) is 4.26. The minimum atomic E-state index is -0.512. The van der Waals surface area contributed by atoms with E-state index in [0.717, 1.165) is 17.0 Å². The highest BCUT2D eigenvalue weighted by atomic mass is 32.1. The first-order chi connectivity index (χ1) is 7.16. The summed E-state index contributed by atoms with van der Waals surface area (Å²) in [5.41, 5.74) is 6.48. The van der Waals surface area contributed by atoms with E-state index < -0.39 is 6.04 Å². The maximum Gasteiger partial charge on any atom is 0.242 e. The van der Waals surface area contributed by atoms with Gasteiger partial charge in [0, 0.05) is 6.42 Å². The maximum atomic E-state index is 11.3. The molecule has 0 radical (unpaired) electrons. The number of fused-ring (bicyclic) bond motifs is 1. The number of hydrogen-bond donors (Lipinski definition) is 2. The second-order valence-electron chi connectivity index (χ2n) is 3.47. The summed E-state index contributed by atoms with van der Waals surface area (Å²) in [5.74, 6) is -0.206. The molecule has 3 N–H and O–H groups in total. The number of amides is 1. The topological polar surface area (TPSA) is 77.2 Å². The number of carbonyl (C=O) groups is 1. The highest BCUT2D eigenvalue weighted by Crippen LogP contribution is 2.26. The summed E-state index contributed by atoms with van der Waals surface area (Å²) in [6, 6.07) is -0.512. The van der Waals surface area contributed by atoms with Crippen molar-refractivity contribution in [3.8, 4) is 0 Å². The fraction of sp³-hybridized carbons (Fsp3) is 0.556. The van der Waals surface area contributed by atoms with Gasteiger partial charge in [0.1, 0.15) is 0 Å². The van der Waals surface area contributed by atoms with Crippen molar-refractivity contribution in [2.75, 3.05) is 11.9 Å². The molecule has 0 fully saturated rings. The zero-order valence-corrected chi connectivity index (χ0v) is 9.26. The number of hydrogen-bond acceptors (Lipinski definition) is 5. The number of thiazole rings is 1. The SMILES string of the molecule is CC(N)C(=O)Nc1nc2c(s1)COCC2. The molecular weight excluding hydrogens is 214 g/mol. The van der Waals surface area contributed by atoms with Crippen molar-refractivity contribution in [1.82, 2.24) is 4.98 Å². The lowest BCUT2D eigenvalue weighted by Gasteiger charge is -2.08. The van der Waals surface area contributed by atoms with Gasteiger partial charge in [0.15, 0.2) is 5.13 Å². The number of nitrogens with one attached hydrogen (secondary N) is 1. The molecule has 2 heterocycles. The van der Waals surface area contributed by atoms with E-state index in [0.29, 0.717) is 18.3 Å². The molecule has 1 aromatic heterocycles. The van der Waals surface area contributed by atoms with Gasteiger partial charge in [0.25, 0.3) is 0 Å². The molecule has 0 bridgehead atoms. The Morgan fingerprint density at radius 3 is 3.20 bits per heavy atom. The average molecular weight is 227 g/mol. The highest BCUT2D eigenvalue weighted by molar-refractivity contribution is 7.15. The molecule has 0 saturated heterocycles. The molecule has 15 heavy (non-hydrogen) atoms. The van der Waals surface area contributed by atoms with Gasteiger partial charge in [-0.25, -0.2) is 4.98 Å². The summed E-state index contributed by atoms with van der Waals surface area (Å²) in [5, 5.41) is 3.30. The molecule has 1 atom stereocenters. The fourth-order valence-corrected chi connectivity index (χ4v) is 2.25. The van der Waals surface area contributed by atoms with Crippen molar-refractivity contribution in [3.63, 3.8) is 0 Å². The molecule has 0 saturated carbocycles. The van der Waals surface area contributed by atoms with Crippen molar-refractivity contribution in [2.45, 2.75) is 26.0 Å². The molecule has 1 amide bonds. The lowest BCUT2D eigenvalue weighted by Crippen LogP contribution is -2.32. The lowest BCUT2D eigenvalue weighted by molar-refractivity contribution is -0.117. The van der Waals surface area contributed by atoms with Gasteiger partial charge in [0.2, 0.25) is 5.91 Å². The van der Waals surface area contributed by atoms with Crippen molar-refractivity contribution < 1.29 is 9.53 Å². The van der Waals surface area contributed by atoms with Gasteiger partial charge in [0.05, 0.1) is 29.8 Å². The van der Waals surface area contributed by atoms with Gasteiger partial charge in [-0.3, -0.25) is 4.79 Å². The highest BCUT2D eigenvalue weighted by Gasteiger charge is 2.17. The van der Waals surface area contributed by atoms with E-state index in [1.54, 1.807) is 6.92 Å². The zero-order chi connectivity index (χ0) is 10.8. The molecule has 1 unspecified atom stereocenters. The molecule has 82 valence electrons. The van der Waals surface area contributed by atoms with Crippen LogP contribution in [0.1, 0.15) is 17.5 Å². The van der Waals surface area contributed by atoms with Crippen molar-refractivity contribution in [2.24, 2.45) is 5.73 Å². The monoisotopic (exact) mass is 227 g/mol. The molecule has 1 aliphatic rings. The molecule has 0 aromatic carbocycles. The first-order valence-electron chi connectivity index (χ1n) is 4.79. The van der Waals surface area contributed by atoms with Crippen molar-refractivity contribution in [3.05, 3.63) is 10.6 Å². The number of carbonyl (C=O) groups excluding carboxylic acids is 1. The minimum absolute atomic E-state index is 0.206. The predicted octanol–water partition coefficient (Wildman–Crippen LogP) is 0.501. The predicted molar refractivity (Wildman–Crippen MR) is 57.8 cm³/mol. The van der Waals surface area contributed by atoms with E-state index >= 15 is 0 Å². The Morgan fingerprint density at radius 1 is 1.73 bits per heavy atom. The smallest absolute Gasteiger partial charge is 0.242 e. The standard InChI is InChI=1S/C9H13N3O2S/c1-5(10)8(13)12-9-11-6-2-3-14-4-7(6)15-9/h5H,2-4,10H2,1H3,(H,11,12,13). The van der Waals surface area contributed by atoms with Crippen LogP contribution in [-0.4, -0.2) is 23.5 Å². The molecule has 1 aromatic rings. The maximum absolute atomic E-state index is 11.3. The van der Waals surface area contributed by atoms with Crippen LogP contribution in [-0.2, 0) is 22.6 Å². The Balaban J connectivity index is 2.09. The van der Waals surface area contributed by atoms with Gasteiger partial charge in [-0.05, 0) is 6.92 Å². The van der Waals surface area contributed by atoms with E-state index in [1.165, 1.54) is 11.3 Å². The summed E-state index contributed by atoms with van der Waals surface area (Å²) in [6.07, 6.45) is 0.819. The number of rotatable bonds is 2. The van der Waals surface area contributed by atoms with Crippen LogP contribution in [0.5, 0.6) is 0 Å². The van der Waals surface area contributed by atoms with Crippen LogP contribution in [0.4, 0.5) is 5.13 Å². The number of ether oxygens (including phenoxy) is 1.